The topological polar surface area (TPSA) is 63.5 Å². The van der Waals surface area contributed by atoms with Crippen LogP contribution in [0.5, 0.6) is 5.75 Å². The first-order valence-electron chi connectivity index (χ1n) is 12.3. The molecular weight excluding hydrogens is 559 g/mol. The van der Waals surface area contributed by atoms with Gasteiger partial charge in [-0.25, -0.2) is 0 Å². The third-order valence-corrected chi connectivity index (χ3v) is 7.83. The summed E-state index contributed by atoms with van der Waals surface area (Å²) in [6, 6.07) is 29.4. The normalized spacial score (nSPS) is 12.1. The van der Waals surface area contributed by atoms with E-state index in [1.54, 1.807) is 11.8 Å². The van der Waals surface area contributed by atoms with Gasteiger partial charge in [-0.05, 0) is 48.0 Å². The van der Waals surface area contributed by atoms with Crippen LogP contribution in [-0.4, -0.2) is 41.9 Å². The second-order valence-corrected chi connectivity index (χ2v) is 11.0. The monoisotopic (exact) mass is 584 g/mol. The summed E-state index contributed by atoms with van der Waals surface area (Å²) >= 11 is 5.11. The maximum absolute atomic E-state index is 12.2. The molecule has 5 nitrogen and oxygen atoms in total. The lowest BCUT2D eigenvalue weighted by atomic mass is 9.94. The van der Waals surface area contributed by atoms with Crippen LogP contribution in [0.1, 0.15) is 5.56 Å². The zero-order valence-electron chi connectivity index (χ0n) is 20.6. The van der Waals surface area contributed by atoms with Crippen molar-refractivity contribution in [1.82, 2.24) is 9.88 Å². The summed E-state index contributed by atoms with van der Waals surface area (Å²) in [5.41, 5.74) is 3.84. The van der Waals surface area contributed by atoms with E-state index in [9.17, 15) is 9.90 Å². The fourth-order valence-corrected chi connectivity index (χ4v) is 5.62. The van der Waals surface area contributed by atoms with Gasteiger partial charge in [0.15, 0.2) is 6.61 Å². The Bertz CT molecular complexity index is 1520. The molecule has 0 fully saturated rings. The number of nitrogens with zero attached hydrogens (tertiary/aromatic N) is 1. The number of ether oxygens (including phenoxy) is 1. The number of aromatic nitrogens is 1. The van der Waals surface area contributed by atoms with Gasteiger partial charge >= 0.3 is 0 Å². The Balaban J connectivity index is 1.18. The van der Waals surface area contributed by atoms with Gasteiger partial charge in [-0.2, -0.15) is 0 Å². The lowest BCUT2D eigenvalue weighted by Gasteiger charge is -2.14. The maximum atomic E-state index is 12.2. The minimum absolute atomic E-state index is 0.0576. The van der Waals surface area contributed by atoms with Gasteiger partial charge in [0.05, 0.1) is 6.10 Å². The van der Waals surface area contributed by atoms with Gasteiger partial charge in [0.1, 0.15) is 13.6 Å². The molecule has 2 radical (unpaired) electrons. The van der Waals surface area contributed by atoms with Gasteiger partial charge in [0.2, 0.25) is 0 Å². The van der Waals surface area contributed by atoms with Crippen molar-refractivity contribution in [3.63, 3.8) is 0 Å². The van der Waals surface area contributed by atoms with Crippen LogP contribution in [-0.2, 0) is 17.9 Å². The molecule has 0 saturated carbocycles. The molecule has 8 heteroatoms. The number of halogens is 1. The zero-order valence-corrected chi connectivity index (χ0v) is 23.0. The van der Waals surface area contributed by atoms with Crippen molar-refractivity contribution in [1.29, 1.82) is 0 Å². The van der Waals surface area contributed by atoms with E-state index in [4.69, 9.17) is 12.6 Å². The molecule has 5 rings (SSSR count). The Kier molecular flexibility index (Phi) is 8.42. The fraction of sp³-hybridized carbons (Fsp3) is 0.167. The van der Waals surface area contributed by atoms with Crippen LogP contribution in [0.3, 0.4) is 0 Å². The molecule has 0 aliphatic carbocycles. The summed E-state index contributed by atoms with van der Waals surface area (Å²) in [6.45, 7) is 0.863. The van der Waals surface area contributed by atoms with Gasteiger partial charge in [0, 0.05) is 50.0 Å². The predicted molar refractivity (Wildman–Crippen MR) is 159 cm³/mol. The van der Waals surface area contributed by atoms with E-state index in [1.165, 1.54) is 0 Å². The van der Waals surface area contributed by atoms with Gasteiger partial charge in [-0.3, -0.25) is 4.79 Å². The molecular formula is C30H26BBrN2O3S. The number of amides is 1. The highest BCUT2D eigenvalue weighted by Crippen LogP contribution is 2.31. The molecule has 0 saturated heterocycles. The van der Waals surface area contributed by atoms with Crippen LogP contribution in [0.25, 0.3) is 21.8 Å². The van der Waals surface area contributed by atoms with Crippen molar-refractivity contribution in [3.8, 4) is 5.75 Å². The fourth-order valence-electron chi connectivity index (χ4n) is 4.40. The molecule has 1 atom stereocenters. The maximum Gasteiger partial charge on any atom is 0.258 e. The van der Waals surface area contributed by atoms with Crippen LogP contribution in [0.15, 0.2) is 100 Å². The number of carbonyl (C=O) groups is 1. The van der Waals surface area contributed by atoms with Crippen molar-refractivity contribution in [2.45, 2.75) is 24.1 Å². The van der Waals surface area contributed by atoms with Crippen LogP contribution >= 0.6 is 27.7 Å². The molecule has 190 valence electrons. The molecule has 2 N–H and O–H groups in total. The van der Waals surface area contributed by atoms with Crippen LogP contribution in [0.4, 0.5) is 0 Å². The molecule has 5 aromatic rings. The third-order valence-electron chi connectivity index (χ3n) is 6.19. The van der Waals surface area contributed by atoms with Crippen molar-refractivity contribution >= 4 is 68.7 Å². The average Bonchev–Trinajstić information content (AvgIpc) is 3.22. The highest BCUT2D eigenvalue weighted by atomic mass is 79.9. The lowest BCUT2D eigenvalue weighted by molar-refractivity contribution is -0.123. The molecule has 1 unspecified atom stereocenters. The SMILES string of the molecule is [B]c1ccc2c(c1)c1cc(Br)ccc1n2CC(O)CSc1cccc(OCC(=O)NCc2ccccc2)c1. The van der Waals surface area contributed by atoms with Crippen LogP contribution < -0.4 is 15.5 Å². The Morgan fingerprint density at radius 1 is 0.974 bits per heavy atom. The minimum atomic E-state index is -0.576. The van der Waals surface area contributed by atoms with Gasteiger partial charge in [0.25, 0.3) is 5.91 Å². The Morgan fingerprint density at radius 2 is 1.74 bits per heavy atom. The summed E-state index contributed by atoms with van der Waals surface area (Å²) < 4.78 is 8.85. The van der Waals surface area contributed by atoms with Crippen LogP contribution in [0.2, 0.25) is 0 Å². The molecule has 38 heavy (non-hydrogen) atoms. The number of hydrogen-bond acceptors (Lipinski definition) is 4. The predicted octanol–water partition coefficient (Wildman–Crippen LogP) is 5.20. The standard InChI is InChI=1S/C30H26BBrN2O3S/c31-21-9-11-28-26(13-21)27-14-22(32)10-12-29(27)34(28)17-23(35)19-38-25-8-4-7-24(15-25)37-18-30(36)33-16-20-5-2-1-3-6-20/h1-15,23,35H,16-19H2,(H,33,36). The van der Waals surface area contributed by atoms with E-state index < -0.39 is 6.10 Å². The molecule has 1 amide bonds. The number of aliphatic hydroxyl groups excluding tert-OH is 1. The number of fused-ring (bicyclic) bond motifs is 3. The highest BCUT2D eigenvalue weighted by molar-refractivity contribution is 9.10. The summed E-state index contributed by atoms with van der Waals surface area (Å²) in [4.78, 5) is 13.1. The van der Waals surface area contributed by atoms with E-state index in [2.05, 4.69) is 37.9 Å². The summed E-state index contributed by atoms with van der Waals surface area (Å²) in [6.07, 6.45) is -0.576. The summed E-state index contributed by atoms with van der Waals surface area (Å²) in [5, 5.41) is 16.0. The number of hydrogen-bond donors (Lipinski definition) is 2. The van der Waals surface area contributed by atoms with Gasteiger partial charge in [-0.1, -0.05) is 69.9 Å². The van der Waals surface area contributed by atoms with E-state index in [1.807, 2.05) is 78.9 Å². The molecule has 1 aromatic heterocycles. The molecule has 0 aliphatic heterocycles. The molecule has 0 aliphatic rings. The van der Waals surface area contributed by atoms with E-state index in [0.717, 1.165) is 36.7 Å². The Labute approximate surface area is 235 Å². The molecule has 1 heterocycles. The number of rotatable bonds is 10. The number of benzene rings is 4. The second kappa shape index (κ2) is 12.1. The number of carbonyl (C=O) groups excluding carboxylic acids is 1. The largest absolute Gasteiger partial charge is 0.484 e. The quantitative estimate of drug-likeness (QED) is 0.175. The van der Waals surface area contributed by atoms with Gasteiger partial charge in [-0.15, -0.1) is 11.8 Å². The Morgan fingerprint density at radius 3 is 2.55 bits per heavy atom. The minimum Gasteiger partial charge on any atom is -0.484 e. The average molecular weight is 585 g/mol. The number of nitrogens with one attached hydrogen (secondary N) is 1. The first-order valence-corrected chi connectivity index (χ1v) is 14.1. The molecule has 0 bridgehead atoms. The summed E-state index contributed by atoms with van der Waals surface area (Å²) in [5.74, 6) is 0.945. The zero-order chi connectivity index (χ0) is 26.5. The first kappa shape index (κ1) is 26.4. The third kappa shape index (κ3) is 6.44. The van der Waals surface area contributed by atoms with E-state index in [0.29, 0.717) is 30.1 Å². The second-order valence-electron chi connectivity index (χ2n) is 9.04. The number of aliphatic hydroxyl groups is 1. The Hall–Kier alpha value is -3.20. The first-order chi connectivity index (χ1) is 18.5. The van der Waals surface area contributed by atoms with Crippen molar-refractivity contribution < 1.29 is 14.6 Å². The van der Waals surface area contributed by atoms with Crippen LogP contribution in [0, 0.1) is 0 Å². The van der Waals surface area contributed by atoms with Gasteiger partial charge < -0.3 is 19.7 Å². The lowest BCUT2D eigenvalue weighted by Crippen LogP contribution is -2.28. The van der Waals surface area contributed by atoms with Crippen molar-refractivity contribution in [2.24, 2.45) is 0 Å². The smallest absolute Gasteiger partial charge is 0.258 e. The van der Waals surface area contributed by atoms with Crippen molar-refractivity contribution in [3.05, 3.63) is 101 Å². The molecule has 4 aromatic carbocycles. The number of thioether (sulfide) groups is 1. The molecule has 0 spiro atoms. The van der Waals surface area contributed by atoms with E-state index in [-0.39, 0.29) is 12.5 Å². The van der Waals surface area contributed by atoms with Crippen molar-refractivity contribution in [2.75, 3.05) is 12.4 Å². The van der Waals surface area contributed by atoms with E-state index >= 15 is 0 Å². The highest BCUT2D eigenvalue weighted by Gasteiger charge is 2.15. The summed E-state index contributed by atoms with van der Waals surface area (Å²) in [7, 11) is 6.06.